The summed E-state index contributed by atoms with van der Waals surface area (Å²) in [6, 6.07) is 0. The number of amides is 1. The van der Waals surface area contributed by atoms with Gasteiger partial charge in [-0.25, -0.2) is 0 Å². The maximum Gasteiger partial charge on any atom is 0.227 e. The number of carbonyl (C=O) groups is 1. The van der Waals surface area contributed by atoms with Crippen LogP contribution in [-0.2, 0) is 4.79 Å². The smallest absolute Gasteiger partial charge is 0.227 e. The Kier molecular flexibility index (Phi) is 6.49. The molecular weight excluding hydrogens is 236 g/mol. The van der Waals surface area contributed by atoms with Gasteiger partial charge in [0.15, 0.2) is 0 Å². The molecule has 3 nitrogen and oxygen atoms in total. The van der Waals surface area contributed by atoms with Crippen LogP contribution in [-0.4, -0.2) is 19.0 Å². The van der Waals surface area contributed by atoms with Gasteiger partial charge < -0.3 is 11.1 Å². The minimum Gasteiger partial charge on any atom is -0.356 e. The molecule has 1 amide bonds. The van der Waals surface area contributed by atoms with E-state index in [0.717, 1.165) is 38.6 Å². The van der Waals surface area contributed by atoms with Crippen molar-refractivity contribution in [3.63, 3.8) is 0 Å². The summed E-state index contributed by atoms with van der Waals surface area (Å²) < 4.78 is 0. The summed E-state index contributed by atoms with van der Waals surface area (Å²) in [5.41, 5.74) is 5.79. The van der Waals surface area contributed by atoms with E-state index in [1.54, 1.807) is 0 Å². The van der Waals surface area contributed by atoms with Gasteiger partial charge in [-0.2, -0.15) is 0 Å². The number of hydrogen-bond acceptors (Lipinski definition) is 2. The lowest BCUT2D eigenvalue weighted by molar-refractivity contribution is -0.130. The lowest BCUT2D eigenvalue weighted by Crippen LogP contribution is -2.44. The molecule has 0 aromatic heterocycles. The highest BCUT2D eigenvalue weighted by atomic mass is 35.5. The normalized spacial score (nSPS) is 18.6. The Bertz CT molecular complexity index is 242. The first-order valence-electron chi connectivity index (χ1n) is 6.38. The van der Waals surface area contributed by atoms with Crippen molar-refractivity contribution in [3.05, 3.63) is 0 Å². The van der Waals surface area contributed by atoms with Gasteiger partial charge in [0.2, 0.25) is 5.91 Å². The predicted molar refractivity (Wildman–Crippen MR) is 74.3 cm³/mol. The summed E-state index contributed by atoms with van der Waals surface area (Å²) in [6.07, 6.45) is 5.23. The fourth-order valence-electron chi connectivity index (χ4n) is 2.31. The first-order chi connectivity index (χ1) is 7.40. The van der Waals surface area contributed by atoms with Gasteiger partial charge in [0.05, 0.1) is 5.41 Å². The molecule has 0 atom stereocenters. The minimum atomic E-state index is -0.252. The van der Waals surface area contributed by atoms with Gasteiger partial charge >= 0.3 is 0 Å². The molecule has 1 aliphatic rings. The Hall–Kier alpha value is -0.280. The van der Waals surface area contributed by atoms with E-state index in [9.17, 15) is 4.79 Å². The van der Waals surface area contributed by atoms with Crippen molar-refractivity contribution in [1.29, 1.82) is 0 Å². The van der Waals surface area contributed by atoms with Crippen LogP contribution in [0.5, 0.6) is 0 Å². The van der Waals surface area contributed by atoms with Crippen LogP contribution in [0.2, 0.25) is 0 Å². The molecule has 0 saturated heterocycles. The topological polar surface area (TPSA) is 55.1 Å². The minimum absolute atomic E-state index is 0. The number of nitrogens with two attached hydrogens (primary N) is 1. The maximum atomic E-state index is 12.1. The maximum absolute atomic E-state index is 12.1. The Morgan fingerprint density at radius 3 is 2.24 bits per heavy atom. The lowest BCUT2D eigenvalue weighted by atomic mass is 9.85. The van der Waals surface area contributed by atoms with E-state index in [-0.39, 0.29) is 29.1 Å². The predicted octanol–water partition coefficient (Wildman–Crippen LogP) is 2.48. The molecule has 3 N–H and O–H groups in total. The van der Waals surface area contributed by atoms with Crippen molar-refractivity contribution in [2.75, 3.05) is 13.1 Å². The molecule has 0 radical (unpaired) electrons. The first kappa shape index (κ1) is 16.7. The molecule has 1 saturated carbocycles. The Morgan fingerprint density at radius 1 is 1.29 bits per heavy atom. The molecule has 1 fully saturated rings. The van der Waals surface area contributed by atoms with E-state index in [1.807, 2.05) is 0 Å². The highest BCUT2D eigenvalue weighted by Crippen LogP contribution is 2.37. The van der Waals surface area contributed by atoms with Crippen LogP contribution < -0.4 is 11.1 Å². The Balaban J connectivity index is 0.00000256. The van der Waals surface area contributed by atoms with Crippen molar-refractivity contribution in [2.24, 2.45) is 16.6 Å². The highest BCUT2D eigenvalue weighted by molar-refractivity contribution is 5.85. The average Bonchev–Trinajstić information content (AvgIpc) is 2.65. The fraction of sp³-hybridized carbons (Fsp3) is 0.923. The second kappa shape index (κ2) is 6.60. The summed E-state index contributed by atoms with van der Waals surface area (Å²) in [6.45, 7) is 7.83. The van der Waals surface area contributed by atoms with Crippen LogP contribution in [0.25, 0.3) is 0 Å². The van der Waals surface area contributed by atoms with Crippen LogP contribution in [0.4, 0.5) is 0 Å². The first-order valence-corrected chi connectivity index (χ1v) is 6.38. The zero-order chi connectivity index (χ0) is 12.2. The summed E-state index contributed by atoms with van der Waals surface area (Å²) in [5.74, 6) is 0.178. The van der Waals surface area contributed by atoms with Crippen molar-refractivity contribution in [1.82, 2.24) is 5.32 Å². The third kappa shape index (κ3) is 4.84. The zero-order valence-corrected chi connectivity index (χ0v) is 12.2. The third-order valence-electron chi connectivity index (χ3n) is 3.59. The quantitative estimate of drug-likeness (QED) is 0.818. The molecular formula is C13H27ClN2O. The van der Waals surface area contributed by atoms with Crippen molar-refractivity contribution in [3.8, 4) is 0 Å². The molecule has 0 aromatic carbocycles. The molecule has 0 unspecified atom stereocenters. The molecule has 0 aromatic rings. The second-order valence-electron chi connectivity index (χ2n) is 6.26. The van der Waals surface area contributed by atoms with Gasteiger partial charge in [-0.05, 0) is 24.7 Å². The van der Waals surface area contributed by atoms with Crippen molar-refractivity contribution >= 4 is 18.3 Å². The van der Waals surface area contributed by atoms with Gasteiger partial charge in [-0.1, -0.05) is 33.6 Å². The summed E-state index contributed by atoms with van der Waals surface area (Å²) in [4.78, 5) is 12.1. The van der Waals surface area contributed by atoms with Crippen LogP contribution >= 0.6 is 12.4 Å². The fourth-order valence-corrected chi connectivity index (χ4v) is 2.31. The van der Waals surface area contributed by atoms with Crippen molar-refractivity contribution < 1.29 is 4.79 Å². The lowest BCUT2D eigenvalue weighted by Gasteiger charge is -2.27. The summed E-state index contributed by atoms with van der Waals surface area (Å²) in [7, 11) is 0. The van der Waals surface area contributed by atoms with Crippen LogP contribution in [0, 0.1) is 10.8 Å². The van der Waals surface area contributed by atoms with E-state index in [4.69, 9.17) is 5.73 Å². The largest absolute Gasteiger partial charge is 0.356 e. The van der Waals surface area contributed by atoms with Crippen LogP contribution in [0.15, 0.2) is 0 Å². The molecule has 0 heterocycles. The summed E-state index contributed by atoms with van der Waals surface area (Å²) >= 11 is 0. The number of halogens is 1. The molecule has 102 valence electrons. The SMILES string of the molecule is CC(C)(C)CCNC(=O)C1(CN)CCCC1.Cl. The average molecular weight is 263 g/mol. The molecule has 0 bridgehead atoms. The van der Waals surface area contributed by atoms with E-state index in [1.165, 1.54) is 0 Å². The molecule has 17 heavy (non-hydrogen) atoms. The standard InChI is InChI=1S/C13H26N2O.ClH/c1-12(2,3)8-9-15-11(16)13(10-14)6-4-5-7-13;/h4-10,14H2,1-3H3,(H,15,16);1H. The molecule has 1 aliphatic carbocycles. The number of carbonyl (C=O) groups excluding carboxylic acids is 1. The van der Waals surface area contributed by atoms with Gasteiger partial charge in [-0.3, -0.25) is 4.79 Å². The summed E-state index contributed by atoms with van der Waals surface area (Å²) in [5, 5.41) is 3.05. The van der Waals surface area contributed by atoms with Gasteiger partial charge in [0.1, 0.15) is 0 Å². The zero-order valence-electron chi connectivity index (χ0n) is 11.3. The highest BCUT2D eigenvalue weighted by Gasteiger charge is 2.39. The van der Waals surface area contributed by atoms with Crippen LogP contribution in [0.3, 0.4) is 0 Å². The van der Waals surface area contributed by atoms with E-state index in [0.29, 0.717) is 6.54 Å². The molecule has 4 heteroatoms. The number of hydrogen-bond donors (Lipinski definition) is 2. The van der Waals surface area contributed by atoms with E-state index in [2.05, 4.69) is 26.1 Å². The molecule has 0 aliphatic heterocycles. The van der Waals surface area contributed by atoms with E-state index < -0.39 is 0 Å². The van der Waals surface area contributed by atoms with Crippen molar-refractivity contribution in [2.45, 2.75) is 52.9 Å². The van der Waals surface area contributed by atoms with Gasteiger partial charge in [-0.15, -0.1) is 12.4 Å². The van der Waals surface area contributed by atoms with E-state index >= 15 is 0 Å². The van der Waals surface area contributed by atoms with Crippen LogP contribution in [0.1, 0.15) is 52.9 Å². The second-order valence-corrected chi connectivity index (χ2v) is 6.26. The molecule has 0 spiro atoms. The number of rotatable bonds is 4. The molecule has 1 rings (SSSR count). The number of nitrogens with one attached hydrogen (secondary N) is 1. The third-order valence-corrected chi connectivity index (χ3v) is 3.59. The Morgan fingerprint density at radius 2 is 1.82 bits per heavy atom. The Labute approximate surface area is 111 Å². The van der Waals surface area contributed by atoms with Gasteiger partial charge in [0, 0.05) is 13.1 Å². The van der Waals surface area contributed by atoms with Gasteiger partial charge in [0.25, 0.3) is 0 Å². The monoisotopic (exact) mass is 262 g/mol.